The van der Waals surface area contributed by atoms with Crippen LogP contribution < -0.4 is 11.1 Å². The van der Waals surface area contributed by atoms with Crippen molar-refractivity contribution in [3.05, 3.63) is 0 Å². The SMILES string of the molecule is CCN(CC)CCCNC(=O)C(CC)(CC)C(N)=NO. The van der Waals surface area contributed by atoms with Gasteiger partial charge in [-0.25, -0.2) is 0 Å². The summed E-state index contributed by atoms with van der Waals surface area (Å²) in [5.41, 5.74) is 4.80. The van der Waals surface area contributed by atoms with Gasteiger partial charge >= 0.3 is 0 Å². The van der Waals surface area contributed by atoms with E-state index in [1.54, 1.807) is 0 Å². The zero-order valence-corrected chi connectivity index (χ0v) is 13.3. The van der Waals surface area contributed by atoms with Crippen LogP contribution in [0.25, 0.3) is 0 Å². The molecule has 0 heterocycles. The molecular formula is C14H30N4O2. The molecule has 6 heteroatoms. The standard InChI is InChI=1S/C14H30N4O2/c1-5-14(6-2,12(15)17-20)13(19)16-10-9-11-18(7-3)8-4/h20H,5-11H2,1-4H3,(H2,15,17)(H,16,19). The summed E-state index contributed by atoms with van der Waals surface area (Å²) in [6, 6.07) is 0. The van der Waals surface area contributed by atoms with Gasteiger partial charge in [0, 0.05) is 6.54 Å². The number of nitrogens with two attached hydrogens (primary N) is 1. The largest absolute Gasteiger partial charge is 0.409 e. The third-order valence-electron chi connectivity index (χ3n) is 4.07. The van der Waals surface area contributed by atoms with Crippen LogP contribution in [0.15, 0.2) is 5.16 Å². The van der Waals surface area contributed by atoms with E-state index in [4.69, 9.17) is 10.9 Å². The number of nitrogens with one attached hydrogen (secondary N) is 1. The third kappa shape index (κ3) is 4.67. The summed E-state index contributed by atoms with van der Waals surface area (Å²) in [5.74, 6) is -0.166. The van der Waals surface area contributed by atoms with E-state index < -0.39 is 5.41 Å². The van der Waals surface area contributed by atoms with Crippen LogP contribution >= 0.6 is 0 Å². The molecule has 1 amide bonds. The van der Waals surface area contributed by atoms with Gasteiger partial charge in [0.1, 0.15) is 5.41 Å². The van der Waals surface area contributed by atoms with E-state index in [1.165, 1.54) is 0 Å². The monoisotopic (exact) mass is 286 g/mol. The number of carbonyl (C=O) groups is 1. The van der Waals surface area contributed by atoms with Gasteiger partial charge in [0.25, 0.3) is 0 Å². The van der Waals surface area contributed by atoms with Crippen LogP contribution in [0.2, 0.25) is 0 Å². The van der Waals surface area contributed by atoms with Gasteiger partial charge in [-0.15, -0.1) is 0 Å². The minimum Gasteiger partial charge on any atom is -0.409 e. The maximum absolute atomic E-state index is 12.3. The Morgan fingerprint density at radius 1 is 1.25 bits per heavy atom. The van der Waals surface area contributed by atoms with Gasteiger partial charge in [0.2, 0.25) is 5.91 Å². The van der Waals surface area contributed by atoms with Crippen molar-refractivity contribution in [3.8, 4) is 0 Å². The number of nitrogens with zero attached hydrogens (tertiary/aromatic N) is 2. The molecule has 0 saturated heterocycles. The van der Waals surface area contributed by atoms with Crippen LogP contribution in [0, 0.1) is 5.41 Å². The lowest BCUT2D eigenvalue weighted by atomic mass is 9.80. The van der Waals surface area contributed by atoms with E-state index in [0.29, 0.717) is 19.4 Å². The molecule has 0 aliphatic rings. The molecule has 0 bridgehead atoms. The molecule has 0 rings (SSSR count). The van der Waals surface area contributed by atoms with E-state index in [9.17, 15) is 4.79 Å². The first-order chi connectivity index (χ1) is 9.52. The van der Waals surface area contributed by atoms with Crippen molar-refractivity contribution in [2.45, 2.75) is 47.0 Å². The average Bonchev–Trinajstić information content (AvgIpc) is 2.48. The molecule has 0 unspecified atom stereocenters. The molecule has 0 aromatic carbocycles. The van der Waals surface area contributed by atoms with Gasteiger partial charge in [-0.3, -0.25) is 4.79 Å². The number of rotatable bonds is 10. The highest BCUT2D eigenvalue weighted by molar-refractivity contribution is 6.06. The van der Waals surface area contributed by atoms with Crippen molar-refractivity contribution < 1.29 is 10.0 Å². The van der Waals surface area contributed by atoms with Gasteiger partial charge in [-0.05, 0) is 38.9 Å². The molecule has 0 atom stereocenters. The fourth-order valence-corrected chi connectivity index (χ4v) is 2.36. The molecule has 0 aliphatic carbocycles. The zero-order chi connectivity index (χ0) is 15.6. The minimum atomic E-state index is -0.899. The first kappa shape index (κ1) is 18.7. The fourth-order valence-electron chi connectivity index (χ4n) is 2.36. The van der Waals surface area contributed by atoms with Crippen molar-refractivity contribution in [2.24, 2.45) is 16.3 Å². The first-order valence-electron chi connectivity index (χ1n) is 7.50. The molecule has 6 nitrogen and oxygen atoms in total. The molecule has 0 spiro atoms. The second-order valence-electron chi connectivity index (χ2n) is 4.91. The molecule has 4 N–H and O–H groups in total. The summed E-state index contributed by atoms with van der Waals surface area (Å²) in [5, 5.41) is 14.8. The Kier molecular flexibility index (Phi) is 8.96. The van der Waals surface area contributed by atoms with E-state index in [-0.39, 0.29) is 11.7 Å². The van der Waals surface area contributed by atoms with Crippen molar-refractivity contribution >= 4 is 11.7 Å². The maximum atomic E-state index is 12.3. The van der Waals surface area contributed by atoms with Gasteiger partial charge in [0.15, 0.2) is 5.84 Å². The minimum absolute atomic E-state index is 0.0104. The highest BCUT2D eigenvalue weighted by atomic mass is 16.4. The third-order valence-corrected chi connectivity index (χ3v) is 4.07. The van der Waals surface area contributed by atoms with Crippen LogP contribution in [0.4, 0.5) is 0 Å². The molecule has 0 saturated carbocycles. The maximum Gasteiger partial charge on any atom is 0.233 e. The van der Waals surface area contributed by atoms with Crippen molar-refractivity contribution in [2.75, 3.05) is 26.2 Å². The second kappa shape index (κ2) is 9.58. The number of hydrogen-bond acceptors (Lipinski definition) is 4. The number of oxime groups is 1. The molecule has 118 valence electrons. The van der Waals surface area contributed by atoms with Gasteiger partial charge in [-0.2, -0.15) is 0 Å². The van der Waals surface area contributed by atoms with Gasteiger partial charge < -0.3 is 21.2 Å². The average molecular weight is 286 g/mol. The van der Waals surface area contributed by atoms with Crippen LogP contribution in [-0.2, 0) is 4.79 Å². The van der Waals surface area contributed by atoms with Crippen LogP contribution in [0.1, 0.15) is 47.0 Å². The van der Waals surface area contributed by atoms with Crippen molar-refractivity contribution in [1.29, 1.82) is 0 Å². The van der Waals surface area contributed by atoms with E-state index in [1.807, 2.05) is 13.8 Å². The number of amides is 1. The Hall–Kier alpha value is -1.30. The van der Waals surface area contributed by atoms with Crippen molar-refractivity contribution in [3.63, 3.8) is 0 Å². The fraction of sp³-hybridized carbons (Fsp3) is 0.857. The molecule has 0 aliphatic heterocycles. The summed E-state index contributed by atoms with van der Waals surface area (Å²) in [7, 11) is 0. The zero-order valence-electron chi connectivity index (χ0n) is 13.3. The van der Waals surface area contributed by atoms with Crippen LogP contribution in [0.5, 0.6) is 0 Å². The Morgan fingerprint density at radius 3 is 2.20 bits per heavy atom. The lowest BCUT2D eigenvalue weighted by Gasteiger charge is -2.28. The summed E-state index contributed by atoms with van der Waals surface area (Å²) in [6.45, 7) is 11.6. The van der Waals surface area contributed by atoms with Crippen LogP contribution in [-0.4, -0.2) is 48.0 Å². The Bertz CT molecular complexity index is 310. The lowest BCUT2D eigenvalue weighted by Crippen LogP contribution is -2.49. The van der Waals surface area contributed by atoms with E-state index in [2.05, 4.69) is 29.2 Å². The number of carbonyl (C=O) groups excluding carboxylic acids is 1. The topological polar surface area (TPSA) is 91.0 Å². The Labute approximate surface area is 122 Å². The summed E-state index contributed by atoms with van der Waals surface area (Å²) in [4.78, 5) is 14.6. The smallest absolute Gasteiger partial charge is 0.233 e. The molecular weight excluding hydrogens is 256 g/mol. The summed E-state index contributed by atoms with van der Waals surface area (Å²) < 4.78 is 0. The summed E-state index contributed by atoms with van der Waals surface area (Å²) in [6.07, 6.45) is 1.93. The quantitative estimate of drug-likeness (QED) is 0.186. The van der Waals surface area contributed by atoms with Crippen LogP contribution in [0.3, 0.4) is 0 Å². The highest BCUT2D eigenvalue weighted by Gasteiger charge is 2.39. The lowest BCUT2D eigenvalue weighted by molar-refractivity contribution is -0.128. The second-order valence-corrected chi connectivity index (χ2v) is 4.91. The number of hydrogen-bond donors (Lipinski definition) is 3. The molecule has 0 fully saturated rings. The Balaban J connectivity index is 4.43. The molecule has 20 heavy (non-hydrogen) atoms. The van der Waals surface area contributed by atoms with E-state index in [0.717, 1.165) is 26.1 Å². The van der Waals surface area contributed by atoms with Gasteiger partial charge in [-0.1, -0.05) is 32.9 Å². The predicted octanol–water partition coefficient (Wildman–Crippen LogP) is 1.39. The van der Waals surface area contributed by atoms with E-state index >= 15 is 0 Å². The molecule has 0 aromatic heterocycles. The predicted molar refractivity (Wildman–Crippen MR) is 81.8 cm³/mol. The first-order valence-corrected chi connectivity index (χ1v) is 7.50. The Morgan fingerprint density at radius 2 is 1.80 bits per heavy atom. The van der Waals surface area contributed by atoms with Crippen molar-refractivity contribution in [1.82, 2.24) is 10.2 Å². The molecule has 0 aromatic rings. The molecule has 0 radical (unpaired) electrons. The summed E-state index contributed by atoms with van der Waals surface area (Å²) >= 11 is 0. The van der Waals surface area contributed by atoms with Gasteiger partial charge in [0.05, 0.1) is 0 Å². The normalized spacial score (nSPS) is 12.8. The highest BCUT2D eigenvalue weighted by Crippen LogP contribution is 2.26. The number of amidine groups is 1.